The van der Waals surface area contributed by atoms with Gasteiger partial charge < -0.3 is 20.1 Å². The van der Waals surface area contributed by atoms with Gasteiger partial charge in [-0.2, -0.15) is 0 Å². The Labute approximate surface area is 274 Å². The van der Waals surface area contributed by atoms with E-state index < -0.39 is 21.7 Å². The van der Waals surface area contributed by atoms with Gasteiger partial charge in [0.25, 0.3) is 0 Å². The number of benzene rings is 2. The first-order valence-corrected chi connectivity index (χ1v) is 15.4. The molecule has 0 spiro atoms. The zero-order valence-corrected chi connectivity index (χ0v) is 27.2. The van der Waals surface area contributed by atoms with Crippen LogP contribution in [-0.4, -0.2) is 68.3 Å². The Balaban J connectivity index is 0.00000337. The first kappa shape index (κ1) is 36.6. The number of nitrogens with zero attached hydrogens (tertiary/aromatic N) is 4. The summed E-state index contributed by atoms with van der Waals surface area (Å²) in [5, 5.41) is 7.87. The molecule has 0 amide bonds. The van der Waals surface area contributed by atoms with Gasteiger partial charge in [0.15, 0.2) is 5.75 Å². The number of nitrogen functional groups attached to an aromatic ring is 1. The van der Waals surface area contributed by atoms with Gasteiger partial charge in [-0.25, -0.2) is 18.4 Å². The topological polar surface area (TPSA) is 152 Å². The molecule has 0 aliphatic carbocycles. The predicted molar refractivity (Wildman–Crippen MR) is 178 cm³/mol. The zero-order valence-electron chi connectivity index (χ0n) is 24.0. The molecule has 0 unspecified atom stereocenters. The molecule has 1 fully saturated rings. The molecule has 0 bridgehead atoms. The summed E-state index contributed by atoms with van der Waals surface area (Å²) in [5.41, 5.74) is 7.13. The van der Waals surface area contributed by atoms with E-state index in [0.29, 0.717) is 17.3 Å². The molecule has 11 nitrogen and oxygen atoms in total. The first-order valence-electron chi connectivity index (χ1n) is 13.4. The Hall–Kier alpha value is -3.58. The summed E-state index contributed by atoms with van der Waals surface area (Å²) in [5.74, 6) is -0.624. The summed E-state index contributed by atoms with van der Waals surface area (Å²) in [6, 6.07) is 13.5. The lowest BCUT2D eigenvalue weighted by Crippen LogP contribution is -2.39. The minimum atomic E-state index is -4.13. The Morgan fingerprint density at radius 1 is 1.14 bits per heavy atom. The van der Waals surface area contributed by atoms with Crippen molar-refractivity contribution in [3.05, 3.63) is 83.2 Å². The number of aromatic nitrogens is 2. The maximum absolute atomic E-state index is 13.3. The highest BCUT2D eigenvalue weighted by molar-refractivity contribution is 7.93. The van der Waals surface area contributed by atoms with Crippen LogP contribution in [0, 0.1) is 5.41 Å². The molecule has 3 N–H and O–H groups in total. The van der Waals surface area contributed by atoms with Gasteiger partial charge in [0.1, 0.15) is 17.7 Å². The van der Waals surface area contributed by atoms with Crippen molar-refractivity contribution in [1.82, 2.24) is 9.97 Å². The van der Waals surface area contributed by atoms with Gasteiger partial charge >= 0.3 is 5.97 Å². The number of carbonyl (C=O) groups is 1. The van der Waals surface area contributed by atoms with E-state index in [1.165, 1.54) is 6.07 Å². The number of sulfonamides is 1. The summed E-state index contributed by atoms with van der Waals surface area (Å²) in [7, 11) is -4.13. The number of amidine groups is 1. The molecule has 238 valence electrons. The van der Waals surface area contributed by atoms with E-state index in [-0.39, 0.29) is 60.6 Å². The van der Waals surface area contributed by atoms with Crippen molar-refractivity contribution < 1.29 is 22.7 Å². The number of nitrogens with two attached hydrogens (primary N) is 1. The molecule has 1 saturated heterocycles. The summed E-state index contributed by atoms with van der Waals surface area (Å²) < 4.78 is 38.8. The molecule has 0 radical (unpaired) electrons. The number of anilines is 2. The van der Waals surface area contributed by atoms with Crippen molar-refractivity contribution in [2.75, 3.05) is 41.2 Å². The molecule has 0 atom stereocenters. The van der Waals surface area contributed by atoms with Gasteiger partial charge in [0.05, 0.1) is 23.9 Å². The SMILES string of the molecule is CCOC(=O)CS(=O)(=O)N(C/C=C/c1cccc(C(=N)N)c1)c1ccc(OC2CCN(c3ncccn3)CC2)c(Cl)c1.Cl.Cl. The number of halogens is 3. The standard InChI is InChI=1S/C29H33ClN6O5S.2ClH/c1-2-40-27(37)20-42(38,39)36(15-4-7-21-6-3-8-22(18-21)28(31)32)23-9-10-26(25(30)19-23)41-24-11-16-35(17-12-24)29-33-13-5-14-34-29;;/h3-10,13-14,18-19,24H,2,11-12,15-17,20H2,1H3,(H3,31,32);2*1H/b7-4+;;. The minimum Gasteiger partial charge on any atom is -0.489 e. The van der Waals surface area contributed by atoms with Crippen LogP contribution in [0.15, 0.2) is 67.0 Å². The molecule has 0 saturated carbocycles. The fourth-order valence-corrected chi connectivity index (χ4v) is 5.96. The van der Waals surface area contributed by atoms with Crippen LogP contribution in [0.5, 0.6) is 5.75 Å². The lowest BCUT2D eigenvalue weighted by Gasteiger charge is -2.32. The lowest BCUT2D eigenvalue weighted by molar-refractivity contribution is -0.139. The average molecular weight is 686 g/mol. The molecular formula is C29H35Cl3N6O5S. The number of carbonyl (C=O) groups excluding carboxylic acids is 1. The molecule has 15 heteroatoms. The van der Waals surface area contributed by atoms with Gasteiger partial charge in [0.2, 0.25) is 16.0 Å². The third-order valence-corrected chi connectivity index (χ3v) is 8.42. The summed E-state index contributed by atoms with van der Waals surface area (Å²) in [6.45, 7) is 3.05. The molecule has 4 rings (SSSR count). The fraction of sp³-hybridized carbons (Fsp3) is 0.310. The largest absolute Gasteiger partial charge is 0.489 e. The van der Waals surface area contributed by atoms with Crippen LogP contribution in [-0.2, 0) is 19.6 Å². The van der Waals surface area contributed by atoms with Crippen molar-refractivity contribution in [1.29, 1.82) is 5.41 Å². The van der Waals surface area contributed by atoms with E-state index in [2.05, 4.69) is 14.9 Å². The smallest absolute Gasteiger partial charge is 0.323 e. The number of nitrogens with one attached hydrogen (secondary N) is 1. The molecule has 2 aromatic carbocycles. The van der Waals surface area contributed by atoms with Crippen LogP contribution < -0.4 is 19.7 Å². The fourth-order valence-electron chi connectivity index (χ4n) is 4.45. The lowest BCUT2D eigenvalue weighted by atomic mass is 10.1. The van der Waals surface area contributed by atoms with Gasteiger partial charge in [-0.05, 0) is 42.8 Å². The monoisotopic (exact) mass is 684 g/mol. The van der Waals surface area contributed by atoms with Crippen molar-refractivity contribution in [3.8, 4) is 5.75 Å². The second kappa shape index (κ2) is 17.0. The third-order valence-electron chi connectivity index (χ3n) is 6.49. The second-order valence-electron chi connectivity index (χ2n) is 9.50. The summed E-state index contributed by atoms with van der Waals surface area (Å²) >= 11 is 6.58. The van der Waals surface area contributed by atoms with Crippen molar-refractivity contribution in [2.24, 2.45) is 5.73 Å². The molecular weight excluding hydrogens is 651 g/mol. The Morgan fingerprint density at radius 2 is 1.84 bits per heavy atom. The van der Waals surface area contributed by atoms with Crippen molar-refractivity contribution in [2.45, 2.75) is 25.9 Å². The van der Waals surface area contributed by atoms with E-state index in [9.17, 15) is 13.2 Å². The summed E-state index contributed by atoms with van der Waals surface area (Å²) in [4.78, 5) is 22.8. The maximum Gasteiger partial charge on any atom is 0.323 e. The highest BCUT2D eigenvalue weighted by atomic mass is 35.5. The summed E-state index contributed by atoms with van der Waals surface area (Å²) in [6.07, 6.45) is 8.19. The molecule has 44 heavy (non-hydrogen) atoms. The molecule has 1 aliphatic rings. The maximum atomic E-state index is 13.3. The number of piperidine rings is 1. The van der Waals surface area contributed by atoms with E-state index in [4.69, 9.17) is 32.2 Å². The van der Waals surface area contributed by atoms with E-state index in [1.807, 2.05) is 0 Å². The van der Waals surface area contributed by atoms with Gasteiger partial charge in [-0.3, -0.25) is 14.5 Å². The molecule has 1 aliphatic heterocycles. The van der Waals surface area contributed by atoms with Crippen LogP contribution in [0.2, 0.25) is 5.02 Å². The van der Waals surface area contributed by atoms with Gasteiger partial charge in [0, 0.05) is 43.9 Å². The van der Waals surface area contributed by atoms with E-state index in [1.54, 1.807) is 73.9 Å². The number of hydrogen-bond acceptors (Lipinski definition) is 9. The quantitative estimate of drug-likeness (QED) is 0.157. The highest BCUT2D eigenvalue weighted by Gasteiger charge is 2.27. The average Bonchev–Trinajstić information content (AvgIpc) is 2.97. The van der Waals surface area contributed by atoms with E-state index >= 15 is 0 Å². The van der Waals surface area contributed by atoms with Crippen LogP contribution in [0.1, 0.15) is 30.9 Å². The normalized spacial score (nSPS) is 13.5. The van der Waals surface area contributed by atoms with Crippen LogP contribution in [0.4, 0.5) is 11.6 Å². The molecule has 2 heterocycles. The minimum absolute atomic E-state index is 0. The molecule has 1 aromatic heterocycles. The van der Waals surface area contributed by atoms with Crippen LogP contribution in [0.3, 0.4) is 0 Å². The van der Waals surface area contributed by atoms with Crippen LogP contribution in [0.25, 0.3) is 6.08 Å². The number of rotatable bonds is 12. The third kappa shape index (κ3) is 9.98. The Bertz CT molecular complexity index is 1540. The van der Waals surface area contributed by atoms with Gasteiger partial charge in [-0.1, -0.05) is 42.0 Å². The van der Waals surface area contributed by atoms with Gasteiger partial charge in [-0.15, -0.1) is 24.8 Å². The Morgan fingerprint density at radius 3 is 2.48 bits per heavy atom. The molecule has 3 aromatic rings. The van der Waals surface area contributed by atoms with Crippen molar-refractivity contribution in [3.63, 3.8) is 0 Å². The Kier molecular flexibility index (Phi) is 14.2. The van der Waals surface area contributed by atoms with E-state index in [0.717, 1.165) is 35.8 Å². The second-order valence-corrected chi connectivity index (χ2v) is 11.8. The first-order chi connectivity index (χ1) is 20.2. The highest BCUT2D eigenvalue weighted by Crippen LogP contribution is 2.33. The predicted octanol–water partition coefficient (Wildman–Crippen LogP) is 4.72. The van der Waals surface area contributed by atoms with Crippen LogP contribution >= 0.6 is 36.4 Å². The number of esters is 1. The number of ether oxygens (including phenoxy) is 2. The number of hydrogen-bond donors (Lipinski definition) is 2. The van der Waals surface area contributed by atoms with Crippen molar-refractivity contribution >= 4 is 76.0 Å². The zero-order chi connectivity index (χ0) is 30.1.